The van der Waals surface area contributed by atoms with Gasteiger partial charge in [0.25, 0.3) is 0 Å². The standard InChI is InChI=1S/C27H33Cl2FN2O/c1-31-13-15-32(16-14-31)19-22-6-3-2-5-21(17-20-9-11-23(30)12-10-20)27(22,33)18-24-25(28)7-4-8-26(24)29/h4,7-12,17,22,33H,2-3,5-6,13-16,18-19H2,1H3. The molecule has 0 aromatic heterocycles. The summed E-state index contributed by atoms with van der Waals surface area (Å²) < 4.78 is 13.5. The maximum absolute atomic E-state index is 13.5. The van der Waals surface area contributed by atoms with E-state index in [-0.39, 0.29) is 11.7 Å². The van der Waals surface area contributed by atoms with Gasteiger partial charge in [-0.3, -0.25) is 0 Å². The highest BCUT2D eigenvalue weighted by atomic mass is 35.5. The van der Waals surface area contributed by atoms with E-state index in [1.54, 1.807) is 12.1 Å². The molecule has 0 radical (unpaired) electrons. The number of rotatable bonds is 5. The molecular weight excluding hydrogens is 458 g/mol. The first-order valence-corrected chi connectivity index (χ1v) is 12.6. The van der Waals surface area contributed by atoms with Crippen LogP contribution in [0.15, 0.2) is 48.0 Å². The van der Waals surface area contributed by atoms with Crippen LogP contribution in [0.1, 0.15) is 36.8 Å². The largest absolute Gasteiger partial charge is 0.385 e. The minimum atomic E-state index is -1.08. The van der Waals surface area contributed by atoms with Crippen LogP contribution >= 0.6 is 23.2 Å². The van der Waals surface area contributed by atoms with Crippen molar-refractivity contribution < 1.29 is 9.50 Å². The Kier molecular flexibility index (Phi) is 8.14. The number of aliphatic hydroxyl groups is 1. The summed E-state index contributed by atoms with van der Waals surface area (Å²) in [6, 6.07) is 12.0. The Morgan fingerprint density at radius 2 is 1.70 bits per heavy atom. The summed E-state index contributed by atoms with van der Waals surface area (Å²) >= 11 is 13.1. The van der Waals surface area contributed by atoms with Crippen LogP contribution in [0.3, 0.4) is 0 Å². The molecule has 2 aromatic carbocycles. The van der Waals surface area contributed by atoms with Crippen molar-refractivity contribution >= 4 is 29.3 Å². The highest BCUT2D eigenvalue weighted by molar-refractivity contribution is 6.36. The van der Waals surface area contributed by atoms with E-state index in [0.29, 0.717) is 16.5 Å². The zero-order valence-corrected chi connectivity index (χ0v) is 20.8. The third-order valence-electron chi connectivity index (χ3n) is 7.27. The van der Waals surface area contributed by atoms with Crippen molar-refractivity contribution in [2.45, 2.75) is 37.7 Å². The first-order chi connectivity index (χ1) is 15.8. The van der Waals surface area contributed by atoms with Crippen LogP contribution in [0.25, 0.3) is 6.08 Å². The van der Waals surface area contributed by atoms with Crippen LogP contribution in [-0.4, -0.2) is 60.3 Å². The molecular formula is C27H33Cl2FN2O. The van der Waals surface area contributed by atoms with Gasteiger partial charge in [-0.15, -0.1) is 0 Å². The number of hydrogen-bond donors (Lipinski definition) is 1. The SMILES string of the molecule is CN1CCN(CC2CCCCC(=Cc3ccc(F)cc3)C2(O)Cc2c(Cl)cccc2Cl)CC1. The Labute approximate surface area is 206 Å². The number of nitrogens with zero attached hydrogens (tertiary/aromatic N) is 2. The van der Waals surface area contributed by atoms with E-state index in [4.69, 9.17) is 23.2 Å². The zero-order chi connectivity index (χ0) is 23.4. The summed E-state index contributed by atoms with van der Waals surface area (Å²) in [6.45, 7) is 4.94. The summed E-state index contributed by atoms with van der Waals surface area (Å²) in [5.41, 5.74) is 1.60. The van der Waals surface area contributed by atoms with Crippen molar-refractivity contribution in [1.29, 1.82) is 0 Å². The molecule has 1 N–H and O–H groups in total. The van der Waals surface area contributed by atoms with E-state index in [0.717, 1.165) is 75.1 Å². The Morgan fingerprint density at radius 3 is 2.36 bits per heavy atom. The third kappa shape index (κ3) is 5.98. The molecule has 0 amide bonds. The van der Waals surface area contributed by atoms with E-state index in [1.807, 2.05) is 24.3 Å². The quantitative estimate of drug-likeness (QED) is 0.526. The Hall–Kier alpha value is -1.43. The van der Waals surface area contributed by atoms with E-state index >= 15 is 0 Å². The lowest BCUT2D eigenvalue weighted by molar-refractivity contribution is -0.00640. The van der Waals surface area contributed by atoms with Gasteiger partial charge in [0, 0.05) is 55.1 Å². The molecule has 1 saturated carbocycles. The van der Waals surface area contributed by atoms with Crippen LogP contribution in [0.2, 0.25) is 10.0 Å². The van der Waals surface area contributed by atoms with Crippen molar-refractivity contribution in [2.75, 3.05) is 39.8 Å². The first-order valence-electron chi connectivity index (χ1n) is 11.9. The van der Waals surface area contributed by atoms with Gasteiger partial charge in [0.2, 0.25) is 0 Å². The van der Waals surface area contributed by atoms with Crippen LogP contribution in [-0.2, 0) is 6.42 Å². The lowest BCUT2D eigenvalue weighted by Gasteiger charge is -2.42. The van der Waals surface area contributed by atoms with E-state index in [2.05, 4.69) is 16.8 Å². The van der Waals surface area contributed by atoms with Gasteiger partial charge in [-0.1, -0.05) is 53.9 Å². The average molecular weight is 491 g/mol. The summed E-state index contributed by atoms with van der Waals surface area (Å²) in [5, 5.41) is 13.6. The molecule has 1 saturated heterocycles. The van der Waals surface area contributed by atoms with Gasteiger partial charge in [0.1, 0.15) is 5.82 Å². The molecule has 1 aliphatic carbocycles. The van der Waals surface area contributed by atoms with Gasteiger partial charge >= 0.3 is 0 Å². The van der Waals surface area contributed by atoms with E-state index in [1.165, 1.54) is 12.1 Å². The molecule has 0 bridgehead atoms. The molecule has 2 fully saturated rings. The molecule has 0 spiro atoms. The number of hydrogen-bond acceptors (Lipinski definition) is 3. The minimum Gasteiger partial charge on any atom is -0.385 e. The molecule has 1 heterocycles. The molecule has 4 rings (SSSR count). The Bertz CT molecular complexity index is 952. The molecule has 2 atom stereocenters. The number of halogens is 3. The Balaban J connectivity index is 1.72. The molecule has 2 aliphatic rings. The van der Waals surface area contributed by atoms with Crippen molar-refractivity contribution in [1.82, 2.24) is 9.80 Å². The van der Waals surface area contributed by atoms with Crippen LogP contribution in [0, 0.1) is 11.7 Å². The van der Waals surface area contributed by atoms with Crippen LogP contribution in [0.4, 0.5) is 4.39 Å². The lowest BCUT2D eigenvalue weighted by atomic mass is 9.74. The highest BCUT2D eigenvalue weighted by Gasteiger charge is 2.43. The van der Waals surface area contributed by atoms with Crippen LogP contribution in [0.5, 0.6) is 0 Å². The molecule has 6 heteroatoms. The number of piperazine rings is 1. The average Bonchev–Trinajstić information content (AvgIpc) is 2.93. The first kappa shape index (κ1) is 24.7. The summed E-state index contributed by atoms with van der Waals surface area (Å²) in [6.07, 6.45) is 6.26. The summed E-state index contributed by atoms with van der Waals surface area (Å²) in [5.74, 6) is -0.202. The second-order valence-electron chi connectivity index (χ2n) is 9.57. The van der Waals surface area contributed by atoms with E-state index in [9.17, 15) is 9.50 Å². The predicted molar refractivity (Wildman–Crippen MR) is 135 cm³/mol. The molecule has 3 nitrogen and oxygen atoms in total. The molecule has 178 valence electrons. The van der Waals surface area contributed by atoms with Crippen LogP contribution < -0.4 is 0 Å². The maximum atomic E-state index is 13.5. The molecule has 33 heavy (non-hydrogen) atoms. The molecule has 2 unspecified atom stereocenters. The lowest BCUT2D eigenvalue weighted by Crippen LogP contribution is -2.51. The fourth-order valence-electron chi connectivity index (χ4n) is 5.19. The van der Waals surface area contributed by atoms with Crippen molar-refractivity contribution in [2.24, 2.45) is 5.92 Å². The Morgan fingerprint density at radius 1 is 1.03 bits per heavy atom. The number of likely N-dealkylation sites (N-methyl/N-ethyl adjacent to an activating group) is 1. The normalized spacial score (nSPS) is 26.5. The van der Waals surface area contributed by atoms with E-state index < -0.39 is 5.60 Å². The monoisotopic (exact) mass is 490 g/mol. The second kappa shape index (κ2) is 10.9. The van der Waals surface area contributed by atoms with Crippen molar-refractivity contribution in [3.8, 4) is 0 Å². The topological polar surface area (TPSA) is 26.7 Å². The third-order valence-corrected chi connectivity index (χ3v) is 7.98. The van der Waals surface area contributed by atoms with Crippen molar-refractivity contribution in [3.05, 3.63) is 75.0 Å². The smallest absolute Gasteiger partial charge is 0.123 e. The molecule has 1 aliphatic heterocycles. The highest BCUT2D eigenvalue weighted by Crippen LogP contribution is 2.43. The minimum absolute atomic E-state index is 0.0578. The fourth-order valence-corrected chi connectivity index (χ4v) is 5.73. The molecule has 2 aromatic rings. The maximum Gasteiger partial charge on any atom is 0.123 e. The zero-order valence-electron chi connectivity index (χ0n) is 19.2. The van der Waals surface area contributed by atoms with Gasteiger partial charge in [-0.05, 0) is 67.3 Å². The predicted octanol–water partition coefficient (Wildman–Crippen LogP) is 5.93. The second-order valence-corrected chi connectivity index (χ2v) is 10.4. The van der Waals surface area contributed by atoms with Gasteiger partial charge in [-0.2, -0.15) is 0 Å². The van der Waals surface area contributed by atoms with Crippen molar-refractivity contribution in [3.63, 3.8) is 0 Å². The van der Waals surface area contributed by atoms with Gasteiger partial charge in [0.15, 0.2) is 0 Å². The van der Waals surface area contributed by atoms with Gasteiger partial charge in [-0.25, -0.2) is 4.39 Å². The fraction of sp³-hybridized carbons (Fsp3) is 0.481. The number of benzene rings is 2. The van der Waals surface area contributed by atoms with Gasteiger partial charge < -0.3 is 14.9 Å². The summed E-state index contributed by atoms with van der Waals surface area (Å²) in [4.78, 5) is 4.82. The van der Waals surface area contributed by atoms with Gasteiger partial charge in [0.05, 0.1) is 5.60 Å². The summed E-state index contributed by atoms with van der Waals surface area (Å²) in [7, 11) is 2.16.